The Morgan fingerprint density at radius 2 is 1.88 bits per heavy atom. The zero-order valence-corrected chi connectivity index (χ0v) is 19.1. The summed E-state index contributed by atoms with van der Waals surface area (Å²) in [7, 11) is 0. The van der Waals surface area contributed by atoms with E-state index >= 15 is 0 Å². The Bertz CT molecular complexity index is 1120. The first-order valence-corrected chi connectivity index (χ1v) is 11.9. The minimum Gasteiger partial charge on any atom is -0.494 e. The molecule has 1 heterocycles. The molecule has 3 aromatic rings. The lowest BCUT2D eigenvalue weighted by atomic mass is 10.1. The fraction of sp³-hybridized carbons (Fsp3) is 0.231. The minimum atomic E-state index is -0.347. The Balaban J connectivity index is 1.47. The molecule has 1 aliphatic heterocycles. The second-order valence-electron chi connectivity index (χ2n) is 7.71. The van der Waals surface area contributed by atoms with E-state index in [0.29, 0.717) is 29.3 Å². The summed E-state index contributed by atoms with van der Waals surface area (Å²) >= 11 is 1.50. The van der Waals surface area contributed by atoms with Gasteiger partial charge in [0.05, 0.1) is 12.4 Å². The highest BCUT2D eigenvalue weighted by atomic mass is 32.2. The molecule has 2 amide bonds. The number of anilines is 2. The van der Waals surface area contributed by atoms with Gasteiger partial charge >= 0.3 is 0 Å². The van der Waals surface area contributed by atoms with Gasteiger partial charge in [-0.15, -0.1) is 11.8 Å². The van der Waals surface area contributed by atoms with Crippen LogP contribution in [0.25, 0.3) is 0 Å². The minimum absolute atomic E-state index is 0.0349. The van der Waals surface area contributed by atoms with Gasteiger partial charge in [0, 0.05) is 16.9 Å². The Hall–Kier alpha value is -3.32. The van der Waals surface area contributed by atoms with Crippen molar-refractivity contribution in [3.8, 4) is 5.75 Å². The molecular weight excluding hydrogens is 439 g/mol. The van der Waals surface area contributed by atoms with Crippen LogP contribution in [0.2, 0.25) is 0 Å². The lowest BCUT2D eigenvalue weighted by Crippen LogP contribution is -2.27. The van der Waals surface area contributed by atoms with Crippen molar-refractivity contribution in [2.75, 3.05) is 22.6 Å². The summed E-state index contributed by atoms with van der Waals surface area (Å²) in [4.78, 5) is 26.9. The molecule has 0 unspecified atom stereocenters. The molecule has 5 nitrogen and oxygen atoms in total. The van der Waals surface area contributed by atoms with E-state index in [1.54, 1.807) is 41.3 Å². The number of unbranched alkanes of at least 4 members (excludes halogenated alkanes) is 1. The van der Waals surface area contributed by atoms with Crippen LogP contribution in [0.3, 0.4) is 0 Å². The predicted octanol–water partition coefficient (Wildman–Crippen LogP) is 6.04. The van der Waals surface area contributed by atoms with Crippen LogP contribution in [-0.2, 0) is 4.79 Å². The number of carbonyl (C=O) groups is 2. The second kappa shape index (κ2) is 10.5. The van der Waals surface area contributed by atoms with E-state index < -0.39 is 0 Å². The van der Waals surface area contributed by atoms with E-state index in [9.17, 15) is 14.0 Å². The summed E-state index contributed by atoms with van der Waals surface area (Å²) < 4.78 is 19.0. The van der Waals surface area contributed by atoms with E-state index in [1.165, 1.54) is 23.9 Å². The normalized spacial score (nSPS) is 15.5. The smallest absolute Gasteiger partial charge is 0.255 e. The molecular formula is C26H25FN2O3S. The maximum Gasteiger partial charge on any atom is 0.255 e. The summed E-state index contributed by atoms with van der Waals surface area (Å²) in [6.45, 7) is 2.76. The molecule has 33 heavy (non-hydrogen) atoms. The van der Waals surface area contributed by atoms with E-state index in [-0.39, 0.29) is 23.0 Å². The largest absolute Gasteiger partial charge is 0.494 e. The number of halogens is 1. The molecule has 170 valence electrons. The summed E-state index contributed by atoms with van der Waals surface area (Å²) in [6, 6.07) is 20.4. The van der Waals surface area contributed by atoms with Gasteiger partial charge < -0.3 is 10.1 Å². The first-order chi connectivity index (χ1) is 16.0. The van der Waals surface area contributed by atoms with Gasteiger partial charge in [0.1, 0.15) is 16.9 Å². The Morgan fingerprint density at radius 1 is 1.12 bits per heavy atom. The first-order valence-electron chi connectivity index (χ1n) is 10.9. The van der Waals surface area contributed by atoms with Crippen LogP contribution in [0.4, 0.5) is 15.8 Å². The van der Waals surface area contributed by atoms with E-state index in [1.807, 2.05) is 24.3 Å². The fourth-order valence-corrected chi connectivity index (χ4v) is 4.73. The Labute approximate surface area is 196 Å². The number of benzene rings is 3. The molecule has 0 aliphatic carbocycles. The number of ether oxygens (including phenoxy) is 1. The molecule has 1 N–H and O–H groups in total. The van der Waals surface area contributed by atoms with Crippen molar-refractivity contribution in [2.45, 2.75) is 25.1 Å². The van der Waals surface area contributed by atoms with Crippen molar-refractivity contribution in [2.24, 2.45) is 0 Å². The number of nitrogens with one attached hydrogen (secondary N) is 1. The van der Waals surface area contributed by atoms with Gasteiger partial charge in [0.2, 0.25) is 5.91 Å². The third kappa shape index (κ3) is 5.54. The molecule has 0 saturated carbocycles. The summed E-state index contributed by atoms with van der Waals surface area (Å²) in [5, 5.41) is 2.67. The summed E-state index contributed by atoms with van der Waals surface area (Å²) in [5.41, 5.74) is 2.70. The highest BCUT2D eigenvalue weighted by molar-refractivity contribution is 8.00. The van der Waals surface area contributed by atoms with Gasteiger partial charge in [0.15, 0.2) is 0 Å². The van der Waals surface area contributed by atoms with Crippen LogP contribution in [0.1, 0.15) is 41.1 Å². The molecule has 0 bridgehead atoms. The first kappa shape index (κ1) is 22.9. The molecule has 1 atom stereocenters. The lowest BCUT2D eigenvalue weighted by Gasteiger charge is -2.24. The van der Waals surface area contributed by atoms with Crippen LogP contribution in [-0.4, -0.2) is 24.2 Å². The van der Waals surface area contributed by atoms with Gasteiger partial charge in [-0.05, 0) is 72.6 Å². The molecule has 3 aromatic carbocycles. The van der Waals surface area contributed by atoms with Gasteiger partial charge in [-0.2, -0.15) is 0 Å². The molecule has 0 radical (unpaired) electrons. The molecule has 4 rings (SSSR count). The van der Waals surface area contributed by atoms with Crippen molar-refractivity contribution in [3.63, 3.8) is 0 Å². The molecule has 1 saturated heterocycles. The number of rotatable bonds is 8. The third-order valence-corrected chi connectivity index (χ3v) is 6.50. The van der Waals surface area contributed by atoms with Crippen LogP contribution >= 0.6 is 11.8 Å². The topological polar surface area (TPSA) is 58.6 Å². The lowest BCUT2D eigenvalue weighted by molar-refractivity contribution is -0.115. The average Bonchev–Trinajstić information content (AvgIpc) is 3.22. The Kier molecular flexibility index (Phi) is 7.29. The second-order valence-corrected chi connectivity index (χ2v) is 8.78. The number of hydrogen-bond acceptors (Lipinski definition) is 4. The maximum atomic E-state index is 13.3. The molecule has 0 spiro atoms. The van der Waals surface area contributed by atoms with Crippen molar-refractivity contribution < 1.29 is 18.7 Å². The molecule has 1 aliphatic rings. The van der Waals surface area contributed by atoms with Crippen molar-refractivity contribution >= 4 is 35.0 Å². The highest BCUT2D eigenvalue weighted by Gasteiger charge is 2.34. The zero-order chi connectivity index (χ0) is 23.2. The van der Waals surface area contributed by atoms with Crippen molar-refractivity contribution in [1.29, 1.82) is 0 Å². The quantitative estimate of drug-likeness (QED) is 0.413. The van der Waals surface area contributed by atoms with Gasteiger partial charge in [0.25, 0.3) is 5.91 Å². The molecule has 0 aromatic heterocycles. The van der Waals surface area contributed by atoms with E-state index in [4.69, 9.17) is 4.74 Å². The zero-order valence-electron chi connectivity index (χ0n) is 18.3. The number of thioether (sulfide) groups is 1. The van der Waals surface area contributed by atoms with Gasteiger partial charge in [-0.1, -0.05) is 25.5 Å². The van der Waals surface area contributed by atoms with Crippen LogP contribution in [0.5, 0.6) is 5.75 Å². The Morgan fingerprint density at radius 3 is 2.61 bits per heavy atom. The van der Waals surface area contributed by atoms with Crippen LogP contribution in [0, 0.1) is 5.82 Å². The summed E-state index contributed by atoms with van der Waals surface area (Å²) in [5.74, 6) is 0.474. The number of hydrogen-bond donors (Lipinski definition) is 1. The van der Waals surface area contributed by atoms with Gasteiger partial charge in [-0.25, -0.2) is 4.39 Å². The fourth-order valence-electron chi connectivity index (χ4n) is 3.56. The van der Waals surface area contributed by atoms with Gasteiger partial charge in [-0.3, -0.25) is 14.5 Å². The van der Waals surface area contributed by atoms with Crippen LogP contribution < -0.4 is 15.0 Å². The van der Waals surface area contributed by atoms with E-state index in [0.717, 1.165) is 24.2 Å². The van der Waals surface area contributed by atoms with Crippen molar-refractivity contribution in [1.82, 2.24) is 0 Å². The monoisotopic (exact) mass is 464 g/mol. The van der Waals surface area contributed by atoms with Crippen molar-refractivity contribution in [3.05, 3.63) is 89.7 Å². The number of carbonyl (C=O) groups excluding carboxylic acids is 2. The maximum absolute atomic E-state index is 13.3. The SMILES string of the molecule is CCCCOc1ccc(C(=O)Nc2cccc([C@H]3SCC(=O)N3c3ccc(F)cc3)c2)cc1. The number of nitrogens with zero attached hydrogens (tertiary/aromatic N) is 1. The van der Waals surface area contributed by atoms with Crippen LogP contribution in [0.15, 0.2) is 72.8 Å². The highest BCUT2D eigenvalue weighted by Crippen LogP contribution is 2.42. The standard InChI is InChI=1S/C26H25FN2O3S/c1-2-3-15-32-23-13-7-18(8-14-23)25(31)28-21-6-4-5-19(16-21)26-29(24(30)17-33-26)22-11-9-20(27)10-12-22/h4-14,16,26H,2-3,15,17H2,1H3,(H,28,31)/t26-/m1/s1. The third-order valence-electron chi connectivity index (χ3n) is 5.29. The number of amides is 2. The predicted molar refractivity (Wildman–Crippen MR) is 130 cm³/mol. The molecule has 1 fully saturated rings. The molecule has 7 heteroatoms. The van der Waals surface area contributed by atoms with E-state index in [2.05, 4.69) is 12.2 Å². The summed E-state index contributed by atoms with van der Waals surface area (Å²) in [6.07, 6.45) is 2.05. The average molecular weight is 465 g/mol.